The van der Waals surface area contributed by atoms with Crippen LogP contribution in [0, 0.1) is 35.5 Å². The third-order valence-electron chi connectivity index (χ3n) is 13.5. The van der Waals surface area contributed by atoms with Crippen LogP contribution < -0.4 is 16.3 Å². The summed E-state index contributed by atoms with van der Waals surface area (Å²) in [6, 6.07) is 11.7. The standard InChI is InChI=1S/C39H52N4P2Si/c1-46(2,3)35-7-6-33(34(18-35)25-44(36-40-8-4-9-41-36)37-42-10-5-11-43-37)26-45(38-19-27-12-28(20-38)14-29(13-27)21-38)39-22-30-15-31(23-39)17-32(16-30)24-39/h4-11,18,27-32H,12-17,19-26H2,1-3H3. The molecular weight excluding hydrogens is 614 g/mol. The molecule has 7 heteroatoms. The number of aromatic nitrogens is 4. The second-order valence-electron chi connectivity index (χ2n) is 17.8. The number of rotatable bonds is 9. The third-order valence-corrected chi connectivity index (χ3v) is 21.6. The summed E-state index contributed by atoms with van der Waals surface area (Å²) in [5, 5.41) is 2.86. The highest BCUT2D eigenvalue weighted by Gasteiger charge is 2.62. The molecule has 2 aromatic heterocycles. The van der Waals surface area contributed by atoms with Crippen molar-refractivity contribution in [2.45, 2.75) is 119 Å². The maximum absolute atomic E-state index is 4.82. The van der Waals surface area contributed by atoms with Gasteiger partial charge in [-0.05, 0) is 152 Å². The molecule has 2 heterocycles. The van der Waals surface area contributed by atoms with E-state index in [1.54, 1.807) is 93.4 Å². The van der Waals surface area contributed by atoms with E-state index in [0.717, 1.165) is 52.8 Å². The van der Waals surface area contributed by atoms with Crippen LogP contribution in [0.2, 0.25) is 19.6 Å². The van der Waals surface area contributed by atoms with E-state index in [0.29, 0.717) is 10.3 Å². The monoisotopic (exact) mass is 666 g/mol. The van der Waals surface area contributed by atoms with Crippen LogP contribution in [0.1, 0.15) is 88.2 Å². The van der Waals surface area contributed by atoms with Gasteiger partial charge in [-0.25, -0.2) is 19.9 Å². The highest BCUT2D eigenvalue weighted by molar-refractivity contribution is 7.71. The average Bonchev–Trinajstić information content (AvgIpc) is 3.02. The lowest BCUT2D eigenvalue weighted by Gasteiger charge is -2.67. The van der Waals surface area contributed by atoms with E-state index in [4.69, 9.17) is 19.9 Å². The van der Waals surface area contributed by atoms with E-state index >= 15 is 0 Å². The Morgan fingerprint density at radius 1 is 0.587 bits per heavy atom. The van der Waals surface area contributed by atoms with Gasteiger partial charge in [-0.15, -0.1) is 0 Å². The Labute approximate surface area is 280 Å². The highest BCUT2D eigenvalue weighted by Crippen LogP contribution is 2.79. The Hall–Kier alpha value is -1.54. The molecule has 1 aromatic carbocycles. The summed E-state index contributed by atoms with van der Waals surface area (Å²) in [6.45, 7) is 7.52. The van der Waals surface area contributed by atoms with Crippen molar-refractivity contribution in [2.75, 3.05) is 0 Å². The van der Waals surface area contributed by atoms with Gasteiger partial charge >= 0.3 is 0 Å². The molecule has 8 saturated carbocycles. The minimum Gasteiger partial charge on any atom is -0.237 e. The molecule has 0 amide bonds. The molecule has 0 radical (unpaired) electrons. The fourth-order valence-corrected chi connectivity index (χ4v) is 20.8. The summed E-state index contributed by atoms with van der Waals surface area (Å²) < 4.78 is 0. The highest BCUT2D eigenvalue weighted by atomic mass is 31.1. The Kier molecular flexibility index (Phi) is 7.64. The van der Waals surface area contributed by atoms with Gasteiger partial charge < -0.3 is 0 Å². The largest absolute Gasteiger partial charge is 0.237 e. The minimum atomic E-state index is -1.50. The molecule has 8 aliphatic carbocycles. The molecule has 8 fully saturated rings. The zero-order chi connectivity index (χ0) is 31.1. The number of hydrogen-bond acceptors (Lipinski definition) is 4. The van der Waals surface area contributed by atoms with Crippen molar-refractivity contribution in [3.8, 4) is 0 Å². The van der Waals surface area contributed by atoms with E-state index < -0.39 is 16.0 Å². The maximum Gasteiger partial charge on any atom is 0.158 e. The average molecular weight is 667 g/mol. The molecule has 242 valence electrons. The summed E-state index contributed by atoms with van der Waals surface area (Å²) in [5.74, 6) is 6.15. The molecule has 0 unspecified atom stereocenters. The van der Waals surface area contributed by atoms with E-state index in [2.05, 4.69) is 37.8 Å². The van der Waals surface area contributed by atoms with Crippen LogP contribution in [0.4, 0.5) is 0 Å². The zero-order valence-corrected chi connectivity index (χ0v) is 31.0. The Morgan fingerprint density at radius 2 is 1.00 bits per heavy atom. The molecule has 0 N–H and O–H groups in total. The summed E-state index contributed by atoms with van der Waals surface area (Å²) in [6.07, 6.45) is 28.6. The van der Waals surface area contributed by atoms with E-state index in [-0.39, 0.29) is 7.92 Å². The molecule has 3 aromatic rings. The minimum absolute atomic E-state index is 0.117. The molecule has 4 nitrogen and oxygen atoms in total. The third kappa shape index (κ3) is 5.47. The van der Waals surface area contributed by atoms with Gasteiger partial charge in [0.25, 0.3) is 0 Å². The van der Waals surface area contributed by atoms with Crippen molar-refractivity contribution in [1.82, 2.24) is 19.9 Å². The normalized spacial score (nSPS) is 36.4. The van der Waals surface area contributed by atoms with Gasteiger partial charge in [0.2, 0.25) is 0 Å². The first-order chi connectivity index (χ1) is 22.2. The molecule has 8 aliphatic rings. The lowest BCUT2D eigenvalue weighted by Crippen LogP contribution is -2.56. The van der Waals surface area contributed by atoms with Crippen molar-refractivity contribution >= 4 is 40.2 Å². The van der Waals surface area contributed by atoms with Gasteiger partial charge in [-0.3, -0.25) is 0 Å². The molecule has 0 spiro atoms. The van der Waals surface area contributed by atoms with Crippen LogP contribution in [-0.2, 0) is 12.3 Å². The summed E-state index contributed by atoms with van der Waals surface area (Å²) in [5.41, 5.74) is 5.06. The van der Waals surface area contributed by atoms with E-state index in [1.165, 1.54) is 6.16 Å². The predicted octanol–water partition coefficient (Wildman–Crippen LogP) is 8.36. The molecule has 0 atom stereocenters. The lowest BCUT2D eigenvalue weighted by molar-refractivity contribution is 0.0184. The molecule has 0 aliphatic heterocycles. The first kappa shape index (κ1) is 30.5. The molecular formula is C39H52N4P2Si. The number of nitrogens with zero attached hydrogens (tertiary/aromatic N) is 4. The first-order valence-electron chi connectivity index (χ1n) is 18.5. The molecule has 11 rings (SSSR count). The van der Waals surface area contributed by atoms with Crippen molar-refractivity contribution < 1.29 is 0 Å². The quantitative estimate of drug-likeness (QED) is 0.170. The fraction of sp³-hybridized carbons (Fsp3) is 0.641. The van der Waals surface area contributed by atoms with Crippen molar-refractivity contribution in [2.24, 2.45) is 35.5 Å². The summed E-state index contributed by atoms with van der Waals surface area (Å²) in [7, 11) is -2.51. The second kappa shape index (κ2) is 11.5. The van der Waals surface area contributed by atoms with Crippen LogP contribution in [0.5, 0.6) is 0 Å². The molecule has 0 saturated heterocycles. The maximum atomic E-state index is 4.82. The van der Waals surface area contributed by atoms with Gasteiger partial charge in [0.1, 0.15) is 0 Å². The first-order valence-corrected chi connectivity index (χ1v) is 25.0. The van der Waals surface area contributed by atoms with Crippen molar-refractivity contribution in [3.05, 3.63) is 66.2 Å². The van der Waals surface area contributed by atoms with E-state index in [1.807, 2.05) is 36.9 Å². The smallest absolute Gasteiger partial charge is 0.158 e. The molecule has 8 bridgehead atoms. The second-order valence-corrected chi connectivity index (χ2v) is 27.9. The van der Waals surface area contributed by atoms with Crippen LogP contribution in [-0.4, -0.2) is 38.3 Å². The lowest BCUT2D eigenvalue weighted by atomic mass is 9.55. The van der Waals surface area contributed by atoms with Crippen LogP contribution >= 0.6 is 15.8 Å². The van der Waals surface area contributed by atoms with Crippen LogP contribution in [0.3, 0.4) is 0 Å². The summed E-state index contributed by atoms with van der Waals surface area (Å²) >= 11 is 0. The van der Waals surface area contributed by atoms with Gasteiger partial charge in [0, 0.05) is 38.9 Å². The SMILES string of the molecule is C[Si](C)(C)c1ccc(CP(C23CC4CC(CC(C4)C2)C3)C23CC4CC(CC(C4)C2)C3)c(CP(c2ncccn2)c2ncccn2)c1. The molecule has 46 heavy (non-hydrogen) atoms. The van der Waals surface area contributed by atoms with Gasteiger partial charge in [0.05, 0.1) is 8.07 Å². The predicted molar refractivity (Wildman–Crippen MR) is 196 cm³/mol. The van der Waals surface area contributed by atoms with Crippen LogP contribution in [0.15, 0.2) is 55.1 Å². The zero-order valence-electron chi connectivity index (χ0n) is 28.2. The van der Waals surface area contributed by atoms with Gasteiger partial charge in [-0.2, -0.15) is 0 Å². The van der Waals surface area contributed by atoms with Crippen molar-refractivity contribution in [1.29, 1.82) is 0 Å². The number of benzene rings is 1. The van der Waals surface area contributed by atoms with Crippen molar-refractivity contribution in [3.63, 3.8) is 0 Å². The van der Waals surface area contributed by atoms with Crippen LogP contribution in [0.25, 0.3) is 0 Å². The van der Waals surface area contributed by atoms with Gasteiger partial charge in [0.15, 0.2) is 11.1 Å². The Balaban J connectivity index is 1.15. The summed E-state index contributed by atoms with van der Waals surface area (Å²) in [4.78, 5) is 19.3. The van der Waals surface area contributed by atoms with Gasteiger partial charge in [-0.1, -0.05) is 50.9 Å². The Bertz CT molecular complexity index is 1420. The fourth-order valence-electron chi connectivity index (χ4n) is 12.5. The number of hydrogen-bond donors (Lipinski definition) is 0. The van der Waals surface area contributed by atoms with E-state index in [9.17, 15) is 0 Å². The topological polar surface area (TPSA) is 51.6 Å². The Morgan fingerprint density at radius 3 is 1.39 bits per heavy atom.